The average Bonchev–Trinajstić information content (AvgIpc) is 3.34. The number of hydrogen-bond donors (Lipinski definition) is 2. The molecule has 5 rings (SSSR count). The molecule has 2 aromatic rings. The van der Waals surface area contributed by atoms with Crippen molar-refractivity contribution in [3.8, 4) is 17.0 Å². The van der Waals surface area contributed by atoms with Crippen LogP contribution in [0.3, 0.4) is 0 Å². The second kappa shape index (κ2) is 7.60. The SMILES string of the molecule is CN1CC(c2ccc(-c3cnc(N(C)[C@@H]4CC5CCC(N5)[C@@H]4F)cn3)c(O)c2)=CC1=O. The first kappa shape index (κ1) is 19.9. The molecule has 4 heterocycles. The fourth-order valence-electron chi connectivity index (χ4n) is 4.92. The third kappa shape index (κ3) is 3.54. The molecule has 0 spiro atoms. The van der Waals surface area contributed by atoms with Gasteiger partial charge in [0.05, 0.1) is 24.1 Å². The molecule has 2 saturated heterocycles. The van der Waals surface area contributed by atoms with E-state index in [4.69, 9.17) is 0 Å². The molecule has 2 bridgehead atoms. The van der Waals surface area contributed by atoms with E-state index in [1.54, 1.807) is 42.6 Å². The van der Waals surface area contributed by atoms with Crippen LogP contribution in [0.1, 0.15) is 24.8 Å². The predicted octanol–water partition coefficient (Wildman–Crippen LogP) is 2.37. The average molecular weight is 423 g/mol. The summed E-state index contributed by atoms with van der Waals surface area (Å²) in [4.78, 5) is 24.2. The molecule has 4 atom stereocenters. The number of alkyl halides is 1. The van der Waals surface area contributed by atoms with Crippen molar-refractivity contribution in [2.24, 2.45) is 0 Å². The normalized spacial score (nSPS) is 27.5. The molecular formula is C23H26FN5O2. The Bertz CT molecular complexity index is 1040. The van der Waals surface area contributed by atoms with Crippen molar-refractivity contribution in [1.82, 2.24) is 20.2 Å². The highest BCUT2D eigenvalue weighted by molar-refractivity contribution is 6.00. The number of rotatable bonds is 4. The Morgan fingerprint density at radius 3 is 2.77 bits per heavy atom. The number of likely N-dealkylation sites (N-methyl/N-ethyl adjacent to an activating group) is 1. The van der Waals surface area contributed by atoms with Crippen LogP contribution in [-0.4, -0.2) is 70.8 Å². The molecule has 3 aliphatic rings. The second-order valence-electron chi connectivity index (χ2n) is 8.76. The van der Waals surface area contributed by atoms with Crippen LogP contribution in [0.4, 0.5) is 10.2 Å². The molecule has 1 aromatic heterocycles. The van der Waals surface area contributed by atoms with Crippen molar-refractivity contribution < 1.29 is 14.3 Å². The van der Waals surface area contributed by atoms with Crippen molar-refractivity contribution in [1.29, 1.82) is 0 Å². The number of piperidine rings is 1. The number of carbonyl (C=O) groups excluding carboxylic acids is 1. The fraction of sp³-hybridized carbons (Fsp3) is 0.435. The van der Waals surface area contributed by atoms with Gasteiger partial charge in [-0.25, -0.2) is 9.37 Å². The lowest BCUT2D eigenvalue weighted by atomic mass is 9.96. The number of halogens is 1. The van der Waals surface area contributed by atoms with Gasteiger partial charge in [-0.2, -0.15) is 0 Å². The zero-order valence-corrected chi connectivity index (χ0v) is 17.6. The van der Waals surface area contributed by atoms with Crippen molar-refractivity contribution in [2.75, 3.05) is 25.5 Å². The minimum atomic E-state index is -0.933. The number of aromatic nitrogens is 2. The molecule has 1 aromatic carbocycles. The molecule has 2 unspecified atom stereocenters. The van der Waals surface area contributed by atoms with Gasteiger partial charge in [-0.1, -0.05) is 6.07 Å². The van der Waals surface area contributed by atoms with Crippen LogP contribution in [0.5, 0.6) is 5.75 Å². The number of benzene rings is 1. The van der Waals surface area contributed by atoms with Crippen LogP contribution < -0.4 is 10.2 Å². The standard InChI is InChI=1S/C23H26FN5O2/c1-28-12-14(8-22(28)31)13-3-5-16(20(30)7-13)18-10-26-21(11-25-18)29(2)19-9-15-4-6-17(27-15)23(19)24/h3,5,7-8,10-11,15,17,19,23,27,30H,4,6,9,12H2,1-2H3/t15?,17?,19-,23+/m1/s1. The smallest absolute Gasteiger partial charge is 0.246 e. The lowest BCUT2D eigenvalue weighted by Gasteiger charge is -2.38. The molecule has 2 fully saturated rings. The van der Waals surface area contributed by atoms with E-state index in [1.807, 2.05) is 18.0 Å². The number of aromatic hydroxyl groups is 1. The maximum absolute atomic E-state index is 14.9. The molecule has 2 N–H and O–H groups in total. The Morgan fingerprint density at radius 1 is 1.26 bits per heavy atom. The van der Waals surface area contributed by atoms with E-state index >= 15 is 0 Å². The number of nitrogens with zero attached hydrogens (tertiary/aromatic N) is 4. The molecule has 1 amide bonds. The quantitative estimate of drug-likeness (QED) is 0.786. The zero-order chi connectivity index (χ0) is 21.7. The summed E-state index contributed by atoms with van der Waals surface area (Å²) in [5.74, 6) is 0.655. The molecule has 0 aliphatic carbocycles. The first-order valence-electron chi connectivity index (χ1n) is 10.6. The van der Waals surface area contributed by atoms with Crippen LogP contribution in [0.25, 0.3) is 16.8 Å². The van der Waals surface area contributed by atoms with Crippen LogP contribution in [-0.2, 0) is 4.79 Å². The molecule has 3 aliphatic heterocycles. The van der Waals surface area contributed by atoms with Gasteiger partial charge < -0.3 is 20.2 Å². The summed E-state index contributed by atoms with van der Waals surface area (Å²) >= 11 is 0. The van der Waals surface area contributed by atoms with E-state index in [-0.39, 0.29) is 23.7 Å². The Labute approximate surface area is 180 Å². The van der Waals surface area contributed by atoms with Crippen molar-refractivity contribution in [2.45, 2.75) is 43.6 Å². The first-order chi connectivity index (χ1) is 14.9. The maximum Gasteiger partial charge on any atom is 0.246 e. The lowest BCUT2D eigenvalue weighted by Crippen LogP contribution is -2.55. The van der Waals surface area contributed by atoms with Gasteiger partial charge in [-0.05, 0) is 42.5 Å². The highest BCUT2D eigenvalue weighted by Crippen LogP contribution is 2.34. The van der Waals surface area contributed by atoms with Gasteiger partial charge in [0, 0.05) is 44.4 Å². The van der Waals surface area contributed by atoms with E-state index in [9.17, 15) is 14.3 Å². The number of amides is 1. The summed E-state index contributed by atoms with van der Waals surface area (Å²) in [6.07, 6.45) is 6.56. The van der Waals surface area contributed by atoms with E-state index in [0.717, 1.165) is 30.4 Å². The summed E-state index contributed by atoms with van der Waals surface area (Å²) in [5.41, 5.74) is 2.77. The lowest BCUT2D eigenvalue weighted by molar-refractivity contribution is -0.123. The maximum atomic E-state index is 14.9. The monoisotopic (exact) mass is 423 g/mol. The van der Waals surface area contributed by atoms with E-state index in [2.05, 4.69) is 15.3 Å². The largest absolute Gasteiger partial charge is 0.507 e. The fourth-order valence-corrected chi connectivity index (χ4v) is 4.92. The number of fused-ring (bicyclic) bond motifs is 2. The summed E-state index contributed by atoms with van der Waals surface area (Å²) < 4.78 is 14.9. The second-order valence-corrected chi connectivity index (χ2v) is 8.76. The van der Waals surface area contributed by atoms with Crippen molar-refractivity contribution in [3.05, 3.63) is 42.2 Å². The van der Waals surface area contributed by atoms with Crippen LogP contribution in [0.15, 0.2) is 36.7 Å². The number of phenolic OH excluding ortho intramolecular Hbond substituents is 1. The van der Waals surface area contributed by atoms with Gasteiger partial charge in [-0.15, -0.1) is 0 Å². The Balaban J connectivity index is 1.34. The summed E-state index contributed by atoms with van der Waals surface area (Å²) in [7, 11) is 3.61. The van der Waals surface area contributed by atoms with Crippen molar-refractivity contribution >= 4 is 17.3 Å². The molecule has 8 heteroatoms. The topological polar surface area (TPSA) is 81.6 Å². The zero-order valence-electron chi connectivity index (χ0n) is 17.6. The molecule has 0 radical (unpaired) electrons. The van der Waals surface area contributed by atoms with Gasteiger partial charge in [-0.3, -0.25) is 9.78 Å². The minimum Gasteiger partial charge on any atom is -0.507 e. The molecular weight excluding hydrogens is 397 g/mol. The molecule has 31 heavy (non-hydrogen) atoms. The van der Waals surface area contributed by atoms with E-state index < -0.39 is 6.17 Å². The Kier molecular flexibility index (Phi) is 4.89. The predicted molar refractivity (Wildman–Crippen MR) is 116 cm³/mol. The Morgan fingerprint density at radius 2 is 2.10 bits per heavy atom. The highest BCUT2D eigenvalue weighted by atomic mass is 19.1. The van der Waals surface area contributed by atoms with Crippen LogP contribution in [0.2, 0.25) is 0 Å². The molecule has 162 valence electrons. The van der Waals surface area contributed by atoms with Crippen molar-refractivity contribution in [3.63, 3.8) is 0 Å². The van der Waals surface area contributed by atoms with E-state index in [0.29, 0.717) is 29.7 Å². The summed E-state index contributed by atoms with van der Waals surface area (Å²) in [5, 5.41) is 13.9. The van der Waals surface area contributed by atoms with Gasteiger partial charge in [0.1, 0.15) is 17.7 Å². The van der Waals surface area contributed by atoms with Crippen LogP contribution in [0, 0.1) is 0 Å². The summed E-state index contributed by atoms with van der Waals surface area (Å²) in [6.45, 7) is 0.520. The van der Waals surface area contributed by atoms with Gasteiger partial charge in [0.2, 0.25) is 5.91 Å². The highest BCUT2D eigenvalue weighted by Gasteiger charge is 2.43. The third-order valence-corrected chi connectivity index (χ3v) is 6.78. The van der Waals surface area contributed by atoms with Crippen LogP contribution >= 0.6 is 0 Å². The third-order valence-electron chi connectivity index (χ3n) is 6.78. The number of phenols is 1. The Hall–Kier alpha value is -3.00. The first-order valence-corrected chi connectivity index (χ1v) is 10.6. The van der Waals surface area contributed by atoms with Gasteiger partial charge in [0.25, 0.3) is 0 Å². The number of nitrogens with one attached hydrogen (secondary N) is 1. The van der Waals surface area contributed by atoms with Gasteiger partial charge in [0.15, 0.2) is 0 Å². The number of anilines is 1. The van der Waals surface area contributed by atoms with Gasteiger partial charge >= 0.3 is 0 Å². The summed E-state index contributed by atoms with van der Waals surface area (Å²) in [6, 6.07) is 5.38. The number of carbonyl (C=O) groups is 1. The van der Waals surface area contributed by atoms with E-state index in [1.165, 1.54) is 0 Å². The molecule has 0 saturated carbocycles. The molecule has 7 nitrogen and oxygen atoms in total. The minimum absolute atomic E-state index is 0.0404. The number of hydrogen-bond acceptors (Lipinski definition) is 6.